The molecule has 4 rings (SSSR count). The Hall–Kier alpha value is -4.21. The molecule has 2 aromatic carbocycles. The second-order valence-corrected chi connectivity index (χ2v) is 6.90. The molecule has 3 N–H and O–H groups in total. The third-order valence-corrected chi connectivity index (χ3v) is 4.75. The zero-order valence-corrected chi connectivity index (χ0v) is 17.2. The molecule has 0 saturated heterocycles. The zero-order chi connectivity index (χ0) is 22.8. The van der Waals surface area contributed by atoms with E-state index in [0.29, 0.717) is 34.9 Å². The summed E-state index contributed by atoms with van der Waals surface area (Å²) in [4.78, 5) is 37.2. The Morgan fingerprint density at radius 2 is 1.91 bits per heavy atom. The number of halogens is 1. The molecule has 9 nitrogen and oxygen atoms in total. The summed E-state index contributed by atoms with van der Waals surface area (Å²) >= 11 is 0. The first-order valence-electron chi connectivity index (χ1n) is 9.77. The highest BCUT2D eigenvalue weighted by Gasteiger charge is 2.17. The fourth-order valence-electron chi connectivity index (χ4n) is 3.16. The molecule has 0 aliphatic heterocycles. The summed E-state index contributed by atoms with van der Waals surface area (Å²) in [5.41, 5.74) is 2.02. The van der Waals surface area contributed by atoms with Crippen LogP contribution in [0.2, 0.25) is 0 Å². The van der Waals surface area contributed by atoms with Crippen LogP contribution in [0.1, 0.15) is 13.8 Å². The molecule has 32 heavy (non-hydrogen) atoms. The molecule has 0 amide bonds. The minimum absolute atomic E-state index is 0.172. The first-order chi connectivity index (χ1) is 15.4. The van der Waals surface area contributed by atoms with Crippen LogP contribution in [0, 0.1) is 5.82 Å². The number of aliphatic carboxylic acids is 1. The monoisotopic (exact) mass is 438 g/mol. The molecule has 0 fully saturated rings. The fraction of sp³-hybridized carbons (Fsp3) is 0.182. The maximum atomic E-state index is 14.1. The Bertz CT molecular complexity index is 1360. The van der Waals surface area contributed by atoms with Gasteiger partial charge in [0.1, 0.15) is 11.6 Å². The molecule has 0 radical (unpaired) electrons. The quantitative estimate of drug-likeness (QED) is 0.403. The number of carboxylic acid groups (broad SMARTS) is 1. The lowest BCUT2D eigenvalue weighted by molar-refractivity contribution is -0.144. The number of hydrogen-bond acceptors (Lipinski definition) is 6. The molecule has 0 unspecified atom stereocenters. The third kappa shape index (κ3) is 4.02. The topological polar surface area (TPSA) is 130 Å². The van der Waals surface area contributed by atoms with Gasteiger partial charge in [-0.15, -0.1) is 0 Å². The van der Waals surface area contributed by atoms with Gasteiger partial charge >= 0.3 is 5.97 Å². The number of nitrogens with one attached hydrogen (secondary N) is 2. The van der Waals surface area contributed by atoms with E-state index in [1.165, 1.54) is 25.4 Å². The van der Waals surface area contributed by atoms with E-state index in [-0.39, 0.29) is 22.5 Å². The van der Waals surface area contributed by atoms with Gasteiger partial charge in [-0.2, -0.15) is 0 Å². The summed E-state index contributed by atoms with van der Waals surface area (Å²) in [6.07, 6.45) is 0.184. The van der Waals surface area contributed by atoms with Crippen LogP contribution in [0.3, 0.4) is 0 Å². The van der Waals surface area contributed by atoms with Crippen LogP contribution in [0.25, 0.3) is 33.7 Å². The summed E-state index contributed by atoms with van der Waals surface area (Å²) in [5, 5.41) is 9.02. The summed E-state index contributed by atoms with van der Waals surface area (Å²) in [5.74, 6) is -1.29. The highest BCUT2D eigenvalue weighted by atomic mass is 19.1. The minimum Gasteiger partial charge on any atom is -0.493 e. The number of carbonyl (C=O) groups is 1. The van der Waals surface area contributed by atoms with Crippen LogP contribution < -0.4 is 15.0 Å². The molecule has 164 valence electrons. The van der Waals surface area contributed by atoms with Crippen molar-refractivity contribution >= 4 is 17.1 Å². The van der Waals surface area contributed by atoms with Crippen molar-refractivity contribution < 1.29 is 23.8 Å². The van der Waals surface area contributed by atoms with Crippen LogP contribution in [0.5, 0.6) is 11.5 Å². The number of nitrogens with zero attached hydrogens (tertiary/aromatic N) is 2. The Kier molecular flexibility index (Phi) is 5.59. The number of imidazole rings is 1. The van der Waals surface area contributed by atoms with E-state index in [4.69, 9.17) is 14.6 Å². The van der Waals surface area contributed by atoms with Crippen LogP contribution in [0.15, 0.2) is 47.5 Å². The average Bonchev–Trinajstić information content (AvgIpc) is 3.25. The number of aromatic nitrogens is 4. The summed E-state index contributed by atoms with van der Waals surface area (Å²) < 4.78 is 25.1. The van der Waals surface area contributed by atoms with E-state index in [1.807, 2.05) is 6.92 Å². The first kappa shape index (κ1) is 21.0. The molecular weight excluding hydrogens is 419 g/mol. The maximum Gasteiger partial charge on any atom is 0.344 e. The van der Waals surface area contributed by atoms with E-state index in [1.54, 1.807) is 24.3 Å². The first-order valence-corrected chi connectivity index (χ1v) is 9.77. The van der Waals surface area contributed by atoms with Crippen LogP contribution >= 0.6 is 0 Å². The lowest BCUT2D eigenvalue weighted by Gasteiger charge is -2.14. The minimum atomic E-state index is -1.21. The predicted octanol–water partition coefficient (Wildman–Crippen LogP) is 3.37. The van der Waals surface area contributed by atoms with Crippen LogP contribution in [-0.4, -0.2) is 43.7 Å². The lowest BCUT2D eigenvalue weighted by atomic mass is 10.0. The van der Waals surface area contributed by atoms with E-state index in [9.17, 15) is 14.0 Å². The predicted molar refractivity (Wildman–Crippen MR) is 114 cm³/mol. The van der Waals surface area contributed by atoms with Crippen LogP contribution in [0.4, 0.5) is 4.39 Å². The van der Waals surface area contributed by atoms with Crippen LogP contribution in [-0.2, 0) is 4.79 Å². The maximum absolute atomic E-state index is 14.1. The van der Waals surface area contributed by atoms with Gasteiger partial charge in [-0.25, -0.2) is 19.2 Å². The number of hydrogen-bond donors (Lipinski definition) is 3. The Balaban J connectivity index is 1.76. The van der Waals surface area contributed by atoms with Gasteiger partial charge in [-0.3, -0.25) is 4.79 Å². The average molecular weight is 438 g/mol. The number of carboxylic acids is 1. The van der Waals surface area contributed by atoms with Gasteiger partial charge in [0.2, 0.25) is 0 Å². The SMILES string of the molecule is CCOc1cc(-c2ccc(F)c(O[C@H](C)C(=O)O)c2)ccc1-c1nc2nc[nH]c2c(=O)[nH]1. The van der Waals surface area contributed by atoms with E-state index in [2.05, 4.69) is 19.9 Å². The second-order valence-electron chi connectivity index (χ2n) is 6.90. The van der Waals surface area contributed by atoms with Gasteiger partial charge in [-0.1, -0.05) is 12.1 Å². The lowest BCUT2D eigenvalue weighted by Crippen LogP contribution is -2.23. The molecule has 0 aliphatic rings. The number of H-pyrrole nitrogens is 2. The van der Waals surface area contributed by atoms with Gasteiger partial charge in [0.25, 0.3) is 5.56 Å². The normalized spacial score (nSPS) is 12.0. The molecule has 0 aliphatic carbocycles. The molecule has 10 heteroatoms. The van der Waals surface area contributed by atoms with Crippen molar-refractivity contribution in [3.05, 3.63) is 58.9 Å². The number of rotatable bonds is 7. The van der Waals surface area contributed by atoms with E-state index < -0.39 is 17.9 Å². The summed E-state index contributed by atoms with van der Waals surface area (Å²) in [6.45, 7) is 3.50. The number of aromatic amines is 2. The van der Waals surface area contributed by atoms with Crippen molar-refractivity contribution in [2.45, 2.75) is 20.0 Å². The van der Waals surface area contributed by atoms with Crippen molar-refractivity contribution in [2.24, 2.45) is 0 Å². The Morgan fingerprint density at radius 1 is 1.19 bits per heavy atom. The standard InChI is InChI=1S/C22H19FN4O5/c1-3-31-16-8-12(13-5-7-15(23)17(9-13)32-11(2)22(29)30)4-6-14(16)19-26-20-18(21(28)27-19)24-10-25-20/h4-11H,3H2,1-2H3,(H,29,30)(H2,24,25,26,27,28)/t11-/m1/s1. The molecule has 0 saturated carbocycles. The summed E-state index contributed by atoms with van der Waals surface area (Å²) in [7, 11) is 0. The van der Waals surface area contributed by atoms with Gasteiger partial charge in [0, 0.05) is 0 Å². The van der Waals surface area contributed by atoms with Gasteiger partial charge in [0.05, 0.1) is 18.5 Å². The van der Waals surface area contributed by atoms with Crippen molar-refractivity contribution in [1.29, 1.82) is 0 Å². The van der Waals surface area contributed by atoms with Gasteiger partial charge in [0.15, 0.2) is 28.8 Å². The molecule has 4 aromatic rings. The zero-order valence-electron chi connectivity index (χ0n) is 17.2. The third-order valence-electron chi connectivity index (χ3n) is 4.75. The smallest absolute Gasteiger partial charge is 0.344 e. The molecule has 2 heterocycles. The number of benzene rings is 2. The summed E-state index contributed by atoms with van der Waals surface area (Å²) in [6, 6.07) is 9.39. The molecule has 0 bridgehead atoms. The molecular formula is C22H19FN4O5. The fourth-order valence-corrected chi connectivity index (χ4v) is 3.16. The van der Waals surface area contributed by atoms with E-state index in [0.717, 1.165) is 0 Å². The van der Waals surface area contributed by atoms with Gasteiger partial charge in [-0.05, 0) is 49.2 Å². The van der Waals surface area contributed by atoms with Gasteiger partial charge < -0.3 is 24.5 Å². The second kappa shape index (κ2) is 8.50. The largest absolute Gasteiger partial charge is 0.493 e. The molecule has 1 atom stereocenters. The van der Waals surface area contributed by atoms with Crippen molar-refractivity contribution in [1.82, 2.24) is 19.9 Å². The molecule has 2 aromatic heterocycles. The molecule has 0 spiro atoms. The van der Waals surface area contributed by atoms with Crippen molar-refractivity contribution in [3.8, 4) is 34.0 Å². The van der Waals surface area contributed by atoms with Crippen molar-refractivity contribution in [3.63, 3.8) is 0 Å². The van der Waals surface area contributed by atoms with E-state index >= 15 is 0 Å². The highest BCUT2D eigenvalue weighted by Crippen LogP contribution is 2.34. The highest BCUT2D eigenvalue weighted by molar-refractivity contribution is 5.77. The van der Waals surface area contributed by atoms with Crippen molar-refractivity contribution in [2.75, 3.05) is 6.61 Å². The number of ether oxygens (including phenoxy) is 2. The Morgan fingerprint density at radius 3 is 2.62 bits per heavy atom. The number of fused-ring (bicyclic) bond motifs is 1. The Labute approximate surface area is 180 Å².